The number of halogens is 1. The van der Waals surface area contributed by atoms with E-state index in [9.17, 15) is 9.59 Å². The summed E-state index contributed by atoms with van der Waals surface area (Å²) in [4.78, 5) is 27.4. The fraction of sp³-hybridized carbons (Fsp3) is 0.364. The number of fused-ring (bicyclic) bond motifs is 1. The first-order chi connectivity index (χ1) is 12.9. The molecular formula is C22H25ClN2O2. The van der Waals surface area contributed by atoms with Crippen LogP contribution in [0.4, 0.5) is 0 Å². The van der Waals surface area contributed by atoms with E-state index in [4.69, 9.17) is 11.6 Å². The van der Waals surface area contributed by atoms with Gasteiger partial charge in [0.2, 0.25) is 11.8 Å². The van der Waals surface area contributed by atoms with Gasteiger partial charge >= 0.3 is 0 Å². The van der Waals surface area contributed by atoms with E-state index >= 15 is 0 Å². The minimum atomic E-state index is -0.481. The third-order valence-corrected chi connectivity index (χ3v) is 5.05. The van der Waals surface area contributed by atoms with E-state index in [1.807, 2.05) is 56.3 Å². The van der Waals surface area contributed by atoms with Gasteiger partial charge in [-0.1, -0.05) is 61.8 Å². The first kappa shape index (κ1) is 19.4. The smallest absolute Gasteiger partial charge is 0.243 e. The molecule has 1 atom stereocenters. The Bertz CT molecular complexity index is 835. The molecule has 2 aromatic rings. The maximum Gasteiger partial charge on any atom is 0.243 e. The number of amides is 2. The topological polar surface area (TPSA) is 49.4 Å². The summed E-state index contributed by atoms with van der Waals surface area (Å²) in [5, 5.41) is 3.61. The number of rotatable bonds is 5. The summed E-state index contributed by atoms with van der Waals surface area (Å²) >= 11 is 6.01. The molecule has 0 radical (unpaired) electrons. The molecule has 1 N–H and O–H groups in total. The van der Waals surface area contributed by atoms with Crippen molar-refractivity contribution in [1.82, 2.24) is 10.2 Å². The van der Waals surface area contributed by atoms with Crippen molar-refractivity contribution in [2.24, 2.45) is 5.92 Å². The van der Waals surface area contributed by atoms with E-state index in [1.54, 1.807) is 11.0 Å². The van der Waals surface area contributed by atoms with Crippen molar-refractivity contribution in [2.75, 3.05) is 0 Å². The van der Waals surface area contributed by atoms with Gasteiger partial charge < -0.3 is 10.2 Å². The normalized spacial score (nSPS) is 16.1. The van der Waals surface area contributed by atoms with E-state index in [2.05, 4.69) is 5.32 Å². The Morgan fingerprint density at radius 2 is 1.89 bits per heavy atom. The highest BCUT2D eigenvalue weighted by Gasteiger charge is 2.34. The van der Waals surface area contributed by atoms with Crippen molar-refractivity contribution in [3.63, 3.8) is 0 Å². The molecule has 27 heavy (non-hydrogen) atoms. The lowest BCUT2D eigenvalue weighted by Crippen LogP contribution is -2.52. The van der Waals surface area contributed by atoms with Gasteiger partial charge in [0.05, 0.1) is 0 Å². The molecule has 0 saturated carbocycles. The molecule has 0 bridgehead atoms. The molecule has 0 spiro atoms. The van der Waals surface area contributed by atoms with Crippen LogP contribution in [-0.4, -0.2) is 22.8 Å². The van der Waals surface area contributed by atoms with Crippen molar-refractivity contribution >= 4 is 23.4 Å². The summed E-state index contributed by atoms with van der Waals surface area (Å²) in [5.41, 5.74) is 3.19. The fourth-order valence-corrected chi connectivity index (χ4v) is 3.65. The molecule has 0 aromatic heterocycles. The van der Waals surface area contributed by atoms with Crippen LogP contribution in [0, 0.1) is 5.92 Å². The largest absolute Gasteiger partial charge is 0.350 e. The highest BCUT2D eigenvalue weighted by Crippen LogP contribution is 2.25. The van der Waals surface area contributed by atoms with Gasteiger partial charge in [0.25, 0.3) is 0 Å². The standard InChI is InChI=1S/C22H25ClN2O2/c1-15(2)10-21(26)25-14-18-8-4-3-7-17(18)12-20(25)22(27)24-13-16-6-5-9-19(23)11-16/h3-9,11,15,20H,10,12-14H2,1-2H3,(H,24,27). The third kappa shape index (κ3) is 4.89. The molecule has 1 aliphatic heterocycles. The van der Waals surface area contributed by atoms with Crippen LogP contribution in [0.15, 0.2) is 48.5 Å². The SMILES string of the molecule is CC(C)CC(=O)N1Cc2ccccc2CC1C(=O)NCc1cccc(Cl)c1. The third-order valence-electron chi connectivity index (χ3n) is 4.81. The van der Waals surface area contributed by atoms with Gasteiger partial charge in [-0.25, -0.2) is 0 Å². The van der Waals surface area contributed by atoms with Crippen LogP contribution in [0.25, 0.3) is 0 Å². The minimum absolute atomic E-state index is 0.0300. The Balaban J connectivity index is 1.76. The van der Waals surface area contributed by atoms with Gasteiger partial charge in [-0.2, -0.15) is 0 Å². The quantitative estimate of drug-likeness (QED) is 0.848. The predicted octanol–water partition coefficient (Wildman–Crippen LogP) is 3.96. The molecule has 2 aromatic carbocycles. The second kappa shape index (κ2) is 8.57. The number of benzene rings is 2. The first-order valence-electron chi connectivity index (χ1n) is 9.32. The Kier molecular flexibility index (Phi) is 6.17. The molecule has 0 fully saturated rings. The van der Waals surface area contributed by atoms with Crippen LogP contribution in [0.3, 0.4) is 0 Å². The number of hydrogen-bond donors (Lipinski definition) is 1. The fourth-order valence-electron chi connectivity index (χ4n) is 3.44. The monoisotopic (exact) mass is 384 g/mol. The molecule has 1 unspecified atom stereocenters. The van der Waals surface area contributed by atoms with Gasteiger partial charge in [-0.15, -0.1) is 0 Å². The molecular weight excluding hydrogens is 360 g/mol. The Morgan fingerprint density at radius 3 is 2.59 bits per heavy atom. The Labute approximate surface area is 165 Å². The van der Waals surface area contributed by atoms with Crippen LogP contribution < -0.4 is 5.32 Å². The summed E-state index contributed by atoms with van der Waals surface area (Å²) in [5.74, 6) is 0.161. The molecule has 1 heterocycles. The lowest BCUT2D eigenvalue weighted by molar-refractivity contribution is -0.142. The highest BCUT2D eigenvalue weighted by molar-refractivity contribution is 6.30. The van der Waals surface area contributed by atoms with Crippen LogP contribution in [-0.2, 0) is 29.1 Å². The lowest BCUT2D eigenvalue weighted by Gasteiger charge is -2.36. The summed E-state index contributed by atoms with van der Waals surface area (Å²) in [6, 6.07) is 15.0. The summed E-state index contributed by atoms with van der Waals surface area (Å²) in [6.07, 6.45) is 0.988. The van der Waals surface area contributed by atoms with E-state index in [0.717, 1.165) is 16.7 Å². The van der Waals surface area contributed by atoms with Crippen molar-refractivity contribution < 1.29 is 9.59 Å². The zero-order valence-electron chi connectivity index (χ0n) is 15.7. The number of nitrogens with zero attached hydrogens (tertiary/aromatic N) is 1. The van der Waals surface area contributed by atoms with E-state index in [-0.39, 0.29) is 17.7 Å². The van der Waals surface area contributed by atoms with Gasteiger partial charge in [0.1, 0.15) is 6.04 Å². The van der Waals surface area contributed by atoms with Crippen molar-refractivity contribution in [1.29, 1.82) is 0 Å². The first-order valence-corrected chi connectivity index (χ1v) is 9.70. The second-order valence-corrected chi connectivity index (χ2v) is 7.89. The van der Waals surface area contributed by atoms with Crippen LogP contribution in [0.2, 0.25) is 5.02 Å². The molecule has 5 heteroatoms. The van der Waals surface area contributed by atoms with Crippen LogP contribution >= 0.6 is 11.6 Å². The summed E-state index contributed by atoms with van der Waals surface area (Å²) in [7, 11) is 0. The van der Waals surface area contributed by atoms with E-state index in [1.165, 1.54) is 0 Å². The zero-order valence-corrected chi connectivity index (χ0v) is 16.5. The Hall–Kier alpha value is -2.33. The molecule has 3 rings (SSSR count). The van der Waals surface area contributed by atoms with Crippen LogP contribution in [0.1, 0.15) is 37.0 Å². The van der Waals surface area contributed by atoms with Crippen molar-refractivity contribution in [3.8, 4) is 0 Å². The molecule has 1 aliphatic rings. The highest BCUT2D eigenvalue weighted by atomic mass is 35.5. The molecule has 4 nitrogen and oxygen atoms in total. The predicted molar refractivity (Wildman–Crippen MR) is 107 cm³/mol. The number of nitrogens with one attached hydrogen (secondary N) is 1. The van der Waals surface area contributed by atoms with Gasteiger partial charge in [0, 0.05) is 31.0 Å². The second-order valence-electron chi connectivity index (χ2n) is 7.46. The van der Waals surface area contributed by atoms with Gasteiger partial charge in [0.15, 0.2) is 0 Å². The number of carbonyl (C=O) groups is 2. The average molecular weight is 385 g/mol. The van der Waals surface area contributed by atoms with Crippen molar-refractivity contribution in [2.45, 2.75) is 45.8 Å². The van der Waals surface area contributed by atoms with Crippen molar-refractivity contribution in [3.05, 3.63) is 70.2 Å². The molecule has 2 amide bonds. The Morgan fingerprint density at radius 1 is 1.15 bits per heavy atom. The maximum absolute atomic E-state index is 12.9. The van der Waals surface area contributed by atoms with E-state index < -0.39 is 6.04 Å². The van der Waals surface area contributed by atoms with Gasteiger partial charge in [-0.05, 0) is 34.7 Å². The average Bonchev–Trinajstić information content (AvgIpc) is 2.64. The zero-order chi connectivity index (χ0) is 19.4. The number of carbonyl (C=O) groups excluding carboxylic acids is 2. The van der Waals surface area contributed by atoms with Crippen LogP contribution in [0.5, 0.6) is 0 Å². The summed E-state index contributed by atoms with van der Waals surface area (Å²) < 4.78 is 0. The minimum Gasteiger partial charge on any atom is -0.350 e. The molecule has 142 valence electrons. The molecule has 0 aliphatic carbocycles. The van der Waals surface area contributed by atoms with E-state index in [0.29, 0.717) is 31.0 Å². The summed E-state index contributed by atoms with van der Waals surface area (Å²) in [6.45, 7) is 4.91. The lowest BCUT2D eigenvalue weighted by atomic mass is 9.92. The molecule has 0 saturated heterocycles. The van der Waals surface area contributed by atoms with Gasteiger partial charge in [-0.3, -0.25) is 9.59 Å². The number of hydrogen-bond acceptors (Lipinski definition) is 2. The maximum atomic E-state index is 12.9.